The van der Waals surface area contributed by atoms with Gasteiger partial charge in [-0.1, -0.05) is 36.4 Å². The molecule has 0 amide bonds. The van der Waals surface area contributed by atoms with Gasteiger partial charge in [0.1, 0.15) is 0 Å². The summed E-state index contributed by atoms with van der Waals surface area (Å²) in [4.78, 5) is 5.51. The van der Waals surface area contributed by atoms with Crippen LogP contribution in [0, 0.1) is 0 Å². The number of nitrogens with zero attached hydrogens (tertiary/aromatic N) is 1. The molecule has 0 aliphatic heterocycles. The normalized spacial score (nSPS) is 11.4. The van der Waals surface area contributed by atoms with Crippen LogP contribution in [0.25, 0.3) is 12.2 Å². The molecule has 0 saturated carbocycles. The summed E-state index contributed by atoms with van der Waals surface area (Å²) in [6, 6.07) is 14.4. The highest BCUT2D eigenvalue weighted by atomic mass is 32.2. The van der Waals surface area contributed by atoms with Gasteiger partial charge < -0.3 is 0 Å². The van der Waals surface area contributed by atoms with Crippen molar-refractivity contribution in [2.75, 3.05) is 6.26 Å². The molecule has 0 atom stereocenters. The molecule has 0 spiro atoms. The van der Waals surface area contributed by atoms with Crippen molar-refractivity contribution < 1.29 is 0 Å². The van der Waals surface area contributed by atoms with Crippen molar-refractivity contribution in [3.05, 3.63) is 72.1 Å². The first kappa shape index (κ1) is 12.7. The zero-order valence-corrected chi connectivity index (χ0v) is 11.1. The van der Waals surface area contributed by atoms with E-state index in [1.165, 1.54) is 10.5 Å². The Labute approximate surface area is 112 Å². The topological polar surface area (TPSA) is 12.9 Å². The molecule has 0 N–H and O–H groups in total. The number of hydrogen-bond donors (Lipinski definition) is 0. The minimum atomic E-state index is 0.972. The number of hydrogen-bond acceptors (Lipinski definition) is 2. The lowest BCUT2D eigenvalue weighted by atomic mass is 10.2. The SMILES string of the molecule is CSc1ccc(C=CC=Cc2ccccn2)cc1. The summed E-state index contributed by atoms with van der Waals surface area (Å²) in [5, 5.41) is 0. The Morgan fingerprint density at radius 3 is 2.39 bits per heavy atom. The Kier molecular flexibility index (Phi) is 4.79. The number of rotatable bonds is 4. The Hall–Kier alpha value is -1.80. The van der Waals surface area contributed by atoms with Crippen molar-refractivity contribution in [2.24, 2.45) is 0 Å². The molecule has 1 aromatic carbocycles. The van der Waals surface area contributed by atoms with E-state index in [9.17, 15) is 0 Å². The van der Waals surface area contributed by atoms with Crippen LogP contribution in [0.15, 0.2) is 65.7 Å². The van der Waals surface area contributed by atoms with Gasteiger partial charge in [-0.25, -0.2) is 0 Å². The number of benzene rings is 1. The van der Waals surface area contributed by atoms with Crippen molar-refractivity contribution >= 4 is 23.9 Å². The minimum absolute atomic E-state index is 0.972. The Bertz CT molecular complexity index is 527. The van der Waals surface area contributed by atoms with Crippen LogP contribution in [0.1, 0.15) is 11.3 Å². The fourth-order valence-electron chi connectivity index (χ4n) is 1.51. The van der Waals surface area contributed by atoms with E-state index in [1.54, 1.807) is 18.0 Å². The van der Waals surface area contributed by atoms with E-state index in [-0.39, 0.29) is 0 Å². The summed E-state index contributed by atoms with van der Waals surface area (Å²) in [5.74, 6) is 0. The lowest BCUT2D eigenvalue weighted by Gasteiger charge is -1.96. The summed E-state index contributed by atoms with van der Waals surface area (Å²) in [6.45, 7) is 0. The van der Waals surface area contributed by atoms with Crippen molar-refractivity contribution in [1.82, 2.24) is 4.98 Å². The zero-order valence-electron chi connectivity index (χ0n) is 10.3. The quantitative estimate of drug-likeness (QED) is 0.586. The molecule has 2 heteroatoms. The molecule has 0 radical (unpaired) electrons. The average Bonchev–Trinajstić information content (AvgIpc) is 2.45. The second-order valence-electron chi connectivity index (χ2n) is 3.75. The Morgan fingerprint density at radius 2 is 1.72 bits per heavy atom. The van der Waals surface area contributed by atoms with Crippen LogP contribution in [0.2, 0.25) is 0 Å². The van der Waals surface area contributed by atoms with Gasteiger partial charge in [-0.2, -0.15) is 0 Å². The summed E-state index contributed by atoms with van der Waals surface area (Å²) in [6.07, 6.45) is 12.0. The third-order valence-corrected chi connectivity index (χ3v) is 3.21. The average molecular weight is 253 g/mol. The van der Waals surface area contributed by atoms with Crippen LogP contribution in [-0.4, -0.2) is 11.2 Å². The molecular formula is C16H15NS. The third kappa shape index (κ3) is 3.90. The number of thioether (sulfide) groups is 1. The van der Waals surface area contributed by atoms with E-state index in [0.29, 0.717) is 0 Å². The van der Waals surface area contributed by atoms with Crippen molar-refractivity contribution in [1.29, 1.82) is 0 Å². The second-order valence-corrected chi connectivity index (χ2v) is 4.63. The number of aromatic nitrogens is 1. The van der Waals surface area contributed by atoms with Gasteiger partial charge in [0.05, 0.1) is 5.69 Å². The number of allylic oxidation sites excluding steroid dienone is 2. The van der Waals surface area contributed by atoms with Gasteiger partial charge >= 0.3 is 0 Å². The molecule has 0 saturated heterocycles. The molecule has 0 fully saturated rings. The predicted molar refractivity (Wildman–Crippen MR) is 80.5 cm³/mol. The van der Waals surface area contributed by atoms with Crippen molar-refractivity contribution in [3.63, 3.8) is 0 Å². The van der Waals surface area contributed by atoms with Crippen molar-refractivity contribution in [3.8, 4) is 0 Å². The maximum absolute atomic E-state index is 4.22. The highest BCUT2D eigenvalue weighted by Gasteiger charge is 1.88. The van der Waals surface area contributed by atoms with Gasteiger partial charge in [0, 0.05) is 11.1 Å². The molecule has 0 bridgehead atoms. The molecule has 1 heterocycles. The monoisotopic (exact) mass is 253 g/mol. The highest BCUT2D eigenvalue weighted by Crippen LogP contribution is 2.15. The van der Waals surface area contributed by atoms with Crippen LogP contribution in [0.4, 0.5) is 0 Å². The van der Waals surface area contributed by atoms with Crippen LogP contribution in [0.5, 0.6) is 0 Å². The molecule has 90 valence electrons. The first-order chi connectivity index (χ1) is 8.88. The molecule has 18 heavy (non-hydrogen) atoms. The van der Waals surface area contributed by atoms with E-state index in [4.69, 9.17) is 0 Å². The first-order valence-corrected chi connectivity index (χ1v) is 7.01. The van der Waals surface area contributed by atoms with Crippen LogP contribution < -0.4 is 0 Å². The molecule has 2 aromatic rings. The van der Waals surface area contributed by atoms with Crippen LogP contribution >= 0.6 is 11.8 Å². The lowest BCUT2D eigenvalue weighted by Crippen LogP contribution is -1.75. The summed E-state index contributed by atoms with van der Waals surface area (Å²) in [5.41, 5.74) is 2.18. The largest absolute Gasteiger partial charge is 0.257 e. The molecule has 0 aliphatic rings. The summed E-state index contributed by atoms with van der Waals surface area (Å²) >= 11 is 1.76. The molecule has 1 nitrogen and oxygen atoms in total. The zero-order chi connectivity index (χ0) is 12.6. The van der Waals surface area contributed by atoms with Gasteiger partial charge in [-0.05, 0) is 42.2 Å². The lowest BCUT2D eigenvalue weighted by molar-refractivity contribution is 1.30. The second kappa shape index (κ2) is 6.82. The Morgan fingerprint density at radius 1 is 0.944 bits per heavy atom. The van der Waals surface area contributed by atoms with Crippen LogP contribution in [0.3, 0.4) is 0 Å². The third-order valence-electron chi connectivity index (χ3n) is 2.47. The van der Waals surface area contributed by atoms with E-state index >= 15 is 0 Å². The minimum Gasteiger partial charge on any atom is -0.257 e. The van der Waals surface area contributed by atoms with Gasteiger partial charge in [-0.15, -0.1) is 11.8 Å². The predicted octanol–water partition coefficient (Wildman–Crippen LogP) is 4.53. The van der Waals surface area contributed by atoms with Gasteiger partial charge in [-0.3, -0.25) is 4.98 Å². The van der Waals surface area contributed by atoms with Gasteiger partial charge in [0.25, 0.3) is 0 Å². The van der Waals surface area contributed by atoms with E-state index < -0.39 is 0 Å². The van der Waals surface area contributed by atoms with Gasteiger partial charge in [0.15, 0.2) is 0 Å². The molecule has 2 rings (SSSR count). The summed E-state index contributed by atoms with van der Waals surface area (Å²) in [7, 11) is 0. The van der Waals surface area contributed by atoms with Crippen LogP contribution in [-0.2, 0) is 0 Å². The van der Waals surface area contributed by atoms with E-state index in [1.807, 2.05) is 36.4 Å². The molecule has 1 aromatic heterocycles. The summed E-state index contributed by atoms with van der Waals surface area (Å²) < 4.78 is 0. The Balaban J connectivity index is 1.96. The fourth-order valence-corrected chi connectivity index (χ4v) is 1.92. The molecular weight excluding hydrogens is 238 g/mol. The van der Waals surface area contributed by atoms with Crippen molar-refractivity contribution in [2.45, 2.75) is 4.90 Å². The fraction of sp³-hybridized carbons (Fsp3) is 0.0625. The molecule has 0 unspecified atom stereocenters. The maximum Gasteiger partial charge on any atom is 0.0629 e. The molecule has 0 aliphatic carbocycles. The first-order valence-electron chi connectivity index (χ1n) is 5.78. The van der Waals surface area contributed by atoms with Gasteiger partial charge in [0.2, 0.25) is 0 Å². The smallest absolute Gasteiger partial charge is 0.0629 e. The van der Waals surface area contributed by atoms with E-state index in [2.05, 4.69) is 41.6 Å². The number of pyridine rings is 1. The highest BCUT2D eigenvalue weighted by molar-refractivity contribution is 7.98. The maximum atomic E-state index is 4.22. The standard InChI is InChI=1S/C16H15NS/c1-18-16-11-9-14(10-12-16)6-2-3-7-15-8-4-5-13-17-15/h2-13H,1H3. The van der Waals surface area contributed by atoms with E-state index in [0.717, 1.165) is 5.69 Å².